The van der Waals surface area contributed by atoms with E-state index in [1.54, 1.807) is 11.8 Å². The normalized spacial score (nSPS) is 21.4. The Morgan fingerprint density at radius 2 is 1.83 bits per heavy atom. The standard InChI is InChI=1S/C28H33N3O5/c1-28(15-18-7-5-4-6-8-18)24(32)22(26(29)34)14-23(25(28)33)27(35)31-16-19-9-10-21(13-20(19)17-31)36-12-11-30(2)3/h4-10,13-14,24,32-33H,11-12,15-17H2,1-3H3,(H2,29,34). The predicted octanol–water partition coefficient (Wildman–Crippen LogP) is 2.32. The number of aliphatic hydroxyl groups is 2. The number of hydrogen-bond donors (Lipinski definition) is 3. The van der Waals surface area contributed by atoms with Gasteiger partial charge in [0.15, 0.2) is 0 Å². The van der Waals surface area contributed by atoms with Gasteiger partial charge < -0.3 is 30.5 Å². The van der Waals surface area contributed by atoms with E-state index in [4.69, 9.17) is 10.5 Å². The van der Waals surface area contributed by atoms with Crippen molar-refractivity contribution in [3.63, 3.8) is 0 Å². The molecule has 0 aromatic heterocycles. The average Bonchev–Trinajstić information content (AvgIpc) is 3.26. The fraction of sp³-hybridized carbons (Fsp3) is 0.357. The van der Waals surface area contributed by atoms with Crippen LogP contribution in [0.5, 0.6) is 5.75 Å². The molecule has 190 valence electrons. The number of primary amides is 1. The van der Waals surface area contributed by atoms with Crippen molar-refractivity contribution in [2.24, 2.45) is 11.1 Å². The van der Waals surface area contributed by atoms with Gasteiger partial charge in [0.2, 0.25) is 5.91 Å². The van der Waals surface area contributed by atoms with Gasteiger partial charge in [0.05, 0.1) is 17.1 Å². The number of likely N-dealkylation sites (N-methyl/N-ethyl adjacent to an activating group) is 1. The number of benzene rings is 2. The largest absolute Gasteiger partial charge is 0.511 e. The third-order valence-corrected chi connectivity index (χ3v) is 6.92. The number of nitrogens with zero attached hydrogens (tertiary/aromatic N) is 2. The fourth-order valence-electron chi connectivity index (χ4n) is 4.77. The van der Waals surface area contributed by atoms with Gasteiger partial charge in [-0.2, -0.15) is 0 Å². The molecule has 8 nitrogen and oxygen atoms in total. The zero-order chi connectivity index (χ0) is 26.0. The van der Waals surface area contributed by atoms with Crippen LogP contribution in [0.4, 0.5) is 0 Å². The molecular weight excluding hydrogens is 458 g/mol. The summed E-state index contributed by atoms with van der Waals surface area (Å²) in [4.78, 5) is 29.5. The van der Waals surface area contributed by atoms with Crippen LogP contribution in [0, 0.1) is 5.41 Å². The monoisotopic (exact) mass is 491 g/mol. The summed E-state index contributed by atoms with van der Waals surface area (Å²) in [6, 6.07) is 15.1. The van der Waals surface area contributed by atoms with Crippen LogP contribution >= 0.6 is 0 Å². The van der Waals surface area contributed by atoms with E-state index in [0.717, 1.165) is 29.0 Å². The van der Waals surface area contributed by atoms with E-state index in [0.29, 0.717) is 19.7 Å². The number of ether oxygens (including phenoxy) is 1. The minimum atomic E-state index is -1.36. The van der Waals surface area contributed by atoms with Gasteiger partial charge in [0.1, 0.15) is 18.1 Å². The third-order valence-electron chi connectivity index (χ3n) is 6.92. The van der Waals surface area contributed by atoms with Crippen LogP contribution in [-0.2, 0) is 29.1 Å². The first kappa shape index (κ1) is 25.5. The highest BCUT2D eigenvalue weighted by molar-refractivity contribution is 6.02. The molecule has 2 unspecified atom stereocenters. The summed E-state index contributed by atoms with van der Waals surface area (Å²) in [5.41, 5.74) is 6.95. The van der Waals surface area contributed by atoms with Crippen LogP contribution in [-0.4, -0.2) is 65.2 Å². The lowest BCUT2D eigenvalue weighted by Gasteiger charge is -2.38. The average molecular weight is 492 g/mol. The Kier molecular flexibility index (Phi) is 7.19. The number of carbonyl (C=O) groups excluding carboxylic acids is 2. The van der Waals surface area contributed by atoms with Crippen LogP contribution < -0.4 is 10.5 Å². The van der Waals surface area contributed by atoms with Crippen molar-refractivity contribution in [1.29, 1.82) is 0 Å². The van der Waals surface area contributed by atoms with E-state index in [1.807, 2.05) is 67.5 Å². The Hall–Kier alpha value is -3.62. The SMILES string of the molecule is CN(C)CCOc1ccc2c(c1)CN(C(=O)C1=C(O)C(C)(Cc3ccccc3)C(O)C(C(N)=O)=C1)C2. The van der Waals surface area contributed by atoms with Gasteiger partial charge in [-0.15, -0.1) is 0 Å². The first-order valence-corrected chi connectivity index (χ1v) is 12.0. The highest BCUT2D eigenvalue weighted by Gasteiger charge is 2.47. The fourth-order valence-corrected chi connectivity index (χ4v) is 4.77. The van der Waals surface area contributed by atoms with Crippen molar-refractivity contribution in [3.8, 4) is 5.75 Å². The van der Waals surface area contributed by atoms with Gasteiger partial charge in [-0.05, 0) is 62.3 Å². The molecule has 36 heavy (non-hydrogen) atoms. The zero-order valence-electron chi connectivity index (χ0n) is 20.9. The van der Waals surface area contributed by atoms with E-state index >= 15 is 0 Å². The van der Waals surface area contributed by atoms with Crippen LogP contribution in [0.2, 0.25) is 0 Å². The third kappa shape index (κ3) is 5.01. The molecule has 4 rings (SSSR count). The van der Waals surface area contributed by atoms with E-state index in [2.05, 4.69) is 0 Å². The van der Waals surface area contributed by atoms with Crippen molar-refractivity contribution in [1.82, 2.24) is 9.80 Å². The second-order valence-corrected chi connectivity index (χ2v) is 9.95. The lowest BCUT2D eigenvalue weighted by Crippen LogP contribution is -2.45. The van der Waals surface area contributed by atoms with Gasteiger partial charge in [0, 0.05) is 25.2 Å². The summed E-state index contributed by atoms with van der Waals surface area (Å²) in [5, 5.41) is 22.3. The summed E-state index contributed by atoms with van der Waals surface area (Å²) < 4.78 is 5.82. The molecule has 2 aromatic rings. The van der Waals surface area contributed by atoms with Crippen LogP contribution in [0.25, 0.3) is 0 Å². The Morgan fingerprint density at radius 3 is 2.50 bits per heavy atom. The van der Waals surface area contributed by atoms with Gasteiger partial charge >= 0.3 is 0 Å². The first-order valence-electron chi connectivity index (χ1n) is 12.0. The summed E-state index contributed by atoms with van der Waals surface area (Å²) in [5.74, 6) is -0.774. The number of hydrogen-bond acceptors (Lipinski definition) is 6. The van der Waals surface area contributed by atoms with Crippen molar-refractivity contribution >= 4 is 11.8 Å². The van der Waals surface area contributed by atoms with E-state index in [-0.39, 0.29) is 23.3 Å². The van der Waals surface area contributed by atoms with Gasteiger partial charge in [-0.25, -0.2) is 0 Å². The van der Waals surface area contributed by atoms with Gasteiger partial charge in [0.25, 0.3) is 5.91 Å². The lowest BCUT2D eigenvalue weighted by molar-refractivity contribution is -0.127. The van der Waals surface area contributed by atoms with Crippen LogP contribution in [0.15, 0.2) is 71.5 Å². The molecule has 2 amide bonds. The molecule has 1 aliphatic carbocycles. The predicted molar refractivity (Wildman–Crippen MR) is 136 cm³/mol. The summed E-state index contributed by atoms with van der Waals surface area (Å²) in [6.45, 7) is 3.68. The number of nitrogens with two attached hydrogens (primary N) is 1. The molecule has 0 fully saturated rings. The summed E-state index contributed by atoms with van der Waals surface area (Å²) in [7, 11) is 3.96. The maximum Gasteiger partial charge on any atom is 0.257 e. The van der Waals surface area contributed by atoms with Crippen molar-refractivity contribution < 1.29 is 24.5 Å². The topological polar surface area (TPSA) is 116 Å². The minimum absolute atomic E-state index is 0.0252. The highest BCUT2D eigenvalue weighted by Crippen LogP contribution is 2.43. The first-order chi connectivity index (χ1) is 17.1. The van der Waals surface area contributed by atoms with Gasteiger partial charge in [-0.1, -0.05) is 36.4 Å². The Balaban J connectivity index is 1.60. The number of rotatable bonds is 8. The maximum atomic E-state index is 13.6. The molecule has 1 aliphatic heterocycles. The highest BCUT2D eigenvalue weighted by atomic mass is 16.5. The summed E-state index contributed by atoms with van der Waals surface area (Å²) >= 11 is 0. The number of carbonyl (C=O) groups is 2. The molecule has 0 spiro atoms. The number of amides is 2. The van der Waals surface area contributed by atoms with E-state index < -0.39 is 23.3 Å². The maximum absolute atomic E-state index is 13.6. The van der Waals surface area contributed by atoms with E-state index in [9.17, 15) is 19.8 Å². The molecule has 2 aromatic carbocycles. The zero-order valence-corrected chi connectivity index (χ0v) is 20.9. The summed E-state index contributed by atoms with van der Waals surface area (Å²) in [6.07, 6.45) is 0.0937. The van der Waals surface area contributed by atoms with Crippen LogP contribution in [0.1, 0.15) is 23.6 Å². The van der Waals surface area contributed by atoms with Crippen molar-refractivity contribution in [2.45, 2.75) is 32.5 Å². The molecule has 0 radical (unpaired) electrons. The number of aliphatic hydroxyl groups excluding tert-OH is 2. The van der Waals surface area contributed by atoms with Crippen molar-refractivity contribution in [3.05, 3.63) is 88.2 Å². The molecule has 0 saturated carbocycles. The minimum Gasteiger partial charge on any atom is -0.511 e. The molecule has 4 N–H and O–H groups in total. The second kappa shape index (κ2) is 10.2. The van der Waals surface area contributed by atoms with E-state index in [1.165, 1.54) is 6.08 Å². The molecule has 1 heterocycles. The molecule has 0 saturated heterocycles. The Labute approximate surface area is 211 Å². The lowest BCUT2D eigenvalue weighted by atomic mass is 9.69. The molecule has 0 bridgehead atoms. The quantitative estimate of drug-likeness (QED) is 0.522. The second-order valence-electron chi connectivity index (χ2n) is 9.95. The van der Waals surface area contributed by atoms with Crippen molar-refractivity contribution in [2.75, 3.05) is 27.2 Å². The number of fused-ring (bicyclic) bond motifs is 1. The van der Waals surface area contributed by atoms with Crippen LogP contribution in [0.3, 0.4) is 0 Å². The molecule has 2 atom stereocenters. The molecule has 8 heteroatoms. The Bertz CT molecular complexity index is 1220. The Morgan fingerprint density at radius 1 is 1.14 bits per heavy atom. The van der Waals surface area contributed by atoms with Gasteiger partial charge in [-0.3, -0.25) is 9.59 Å². The molecule has 2 aliphatic rings. The molecular formula is C28H33N3O5. The smallest absolute Gasteiger partial charge is 0.257 e.